The minimum absolute atomic E-state index is 0.373. The molecule has 0 aliphatic rings. The summed E-state index contributed by atoms with van der Waals surface area (Å²) >= 11 is 0. The molecule has 1 aromatic rings. The molecule has 0 saturated heterocycles. The number of carbonyl (C=O) groups is 1. The second-order valence-electron chi connectivity index (χ2n) is 2.12. The SMILES string of the molecule is C#CCNc1ncccc1C=O. The Morgan fingerprint density at radius 1 is 1.75 bits per heavy atom. The van der Waals surface area contributed by atoms with E-state index in [4.69, 9.17) is 6.42 Å². The van der Waals surface area contributed by atoms with Crippen LogP contribution < -0.4 is 5.32 Å². The van der Waals surface area contributed by atoms with E-state index in [1.54, 1.807) is 18.3 Å². The van der Waals surface area contributed by atoms with Gasteiger partial charge in [0.15, 0.2) is 6.29 Å². The Balaban J connectivity index is 2.83. The lowest BCUT2D eigenvalue weighted by atomic mass is 10.3. The van der Waals surface area contributed by atoms with Gasteiger partial charge in [-0.3, -0.25) is 4.79 Å². The third kappa shape index (κ3) is 1.83. The lowest BCUT2D eigenvalue weighted by molar-refractivity contribution is 0.112. The summed E-state index contributed by atoms with van der Waals surface area (Å²) in [5.74, 6) is 2.93. The molecule has 60 valence electrons. The van der Waals surface area contributed by atoms with Crippen molar-refractivity contribution in [3.63, 3.8) is 0 Å². The molecule has 3 nitrogen and oxygen atoms in total. The lowest BCUT2D eigenvalue weighted by Gasteiger charge is -2.02. The number of aromatic nitrogens is 1. The first kappa shape index (κ1) is 8.28. The number of nitrogens with one attached hydrogen (secondary N) is 1. The number of aldehydes is 1. The number of anilines is 1. The van der Waals surface area contributed by atoms with Crippen LogP contribution in [0.5, 0.6) is 0 Å². The number of hydrogen-bond donors (Lipinski definition) is 1. The van der Waals surface area contributed by atoms with Gasteiger partial charge in [0.2, 0.25) is 0 Å². The summed E-state index contributed by atoms with van der Waals surface area (Å²) in [4.78, 5) is 14.4. The smallest absolute Gasteiger partial charge is 0.153 e. The van der Waals surface area contributed by atoms with Gasteiger partial charge in [-0.05, 0) is 12.1 Å². The molecule has 1 heterocycles. The highest BCUT2D eigenvalue weighted by Gasteiger charge is 1.98. The second-order valence-corrected chi connectivity index (χ2v) is 2.12. The Bertz CT molecular complexity index is 315. The van der Waals surface area contributed by atoms with Crippen molar-refractivity contribution in [2.24, 2.45) is 0 Å². The van der Waals surface area contributed by atoms with Crippen molar-refractivity contribution in [3.05, 3.63) is 23.9 Å². The summed E-state index contributed by atoms with van der Waals surface area (Å²) in [5.41, 5.74) is 0.521. The van der Waals surface area contributed by atoms with E-state index in [1.807, 2.05) is 0 Å². The van der Waals surface area contributed by atoms with Crippen LogP contribution in [0.4, 0.5) is 5.82 Å². The summed E-state index contributed by atoms with van der Waals surface area (Å²) in [6.45, 7) is 0.373. The number of nitrogens with zero attached hydrogens (tertiary/aromatic N) is 1. The van der Waals surface area contributed by atoms with Crippen molar-refractivity contribution in [1.29, 1.82) is 0 Å². The minimum Gasteiger partial charge on any atom is -0.359 e. The first-order chi connectivity index (χ1) is 5.88. The normalized spacial score (nSPS) is 8.58. The van der Waals surface area contributed by atoms with Gasteiger partial charge in [0, 0.05) is 6.20 Å². The van der Waals surface area contributed by atoms with Crippen LogP contribution in [-0.2, 0) is 0 Å². The highest BCUT2D eigenvalue weighted by molar-refractivity contribution is 5.82. The zero-order valence-corrected chi connectivity index (χ0v) is 6.45. The van der Waals surface area contributed by atoms with Gasteiger partial charge >= 0.3 is 0 Å². The van der Waals surface area contributed by atoms with E-state index in [-0.39, 0.29) is 0 Å². The van der Waals surface area contributed by atoms with E-state index in [0.29, 0.717) is 17.9 Å². The van der Waals surface area contributed by atoms with Crippen molar-refractivity contribution >= 4 is 12.1 Å². The topological polar surface area (TPSA) is 42.0 Å². The van der Waals surface area contributed by atoms with Crippen LogP contribution in [0, 0.1) is 12.3 Å². The summed E-state index contributed by atoms with van der Waals surface area (Å²) in [7, 11) is 0. The minimum atomic E-state index is 0.373. The first-order valence-electron chi connectivity index (χ1n) is 3.46. The van der Waals surface area contributed by atoms with Crippen LogP contribution in [0.3, 0.4) is 0 Å². The zero-order chi connectivity index (χ0) is 8.81. The van der Waals surface area contributed by atoms with Crippen LogP contribution in [0.25, 0.3) is 0 Å². The Hall–Kier alpha value is -1.82. The fourth-order valence-corrected chi connectivity index (χ4v) is 0.795. The predicted molar refractivity (Wildman–Crippen MR) is 46.9 cm³/mol. The lowest BCUT2D eigenvalue weighted by Crippen LogP contribution is -2.03. The highest BCUT2D eigenvalue weighted by atomic mass is 16.1. The fourth-order valence-electron chi connectivity index (χ4n) is 0.795. The van der Waals surface area contributed by atoms with E-state index < -0.39 is 0 Å². The van der Waals surface area contributed by atoms with Gasteiger partial charge in [-0.1, -0.05) is 5.92 Å². The largest absolute Gasteiger partial charge is 0.359 e. The van der Waals surface area contributed by atoms with E-state index in [1.165, 1.54) is 0 Å². The first-order valence-corrected chi connectivity index (χ1v) is 3.46. The Kier molecular flexibility index (Phi) is 2.86. The standard InChI is InChI=1S/C9H8N2O/c1-2-5-10-9-8(7-12)4-3-6-11-9/h1,3-4,6-7H,5H2,(H,10,11). The molecule has 0 aliphatic carbocycles. The van der Waals surface area contributed by atoms with Crippen molar-refractivity contribution in [3.8, 4) is 12.3 Å². The number of pyridine rings is 1. The average molecular weight is 160 g/mol. The Labute approximate surface area is 70.8 Å². The maximum Gasteiger partial charge on any atom is 0.153 e. The summed E-state index contributed by atoms with van der Waals surface area (Å²) in [6.07, 6.45) is 7.38. The van der Waals surface area contributed by atoms with E-state index in [0.717, 1.165) is 6.29 Å². The highest BCUT2D eigenvalue weighted by Crippen LogP contribution is 2.06. The number of rotatable bonds is 3. The molecule has 1 rings (SSSR count). The van der Waals surface area contributed by atoms with Gasteiger partial charge in [-0.15, -0.1) is 6.42 Å². The molecule has 12 heavy (non-hydrogen) atoms. The van der Waals surface area contributed by atoms with Crippen LogP contribution in [0.2, 0.25) is 0 Å². The monoisotopic (exact) mass is 160 g/mol. The van der Waals surface area contributed by atoms with Gasteiger partial charge in [-0.2, -0.15) is 0 Å². The van der Waals surface area contributed by atoms with Crippen LogP contribution in [-0.4, -0.2) is 17.8 Å². The van der Waals surface area contributed by atoms with E-state index >= 15 is 0 Å². The summed E-state index contributed by atoms with van der Waals surface area (Å²) in [6, 6.07) is 3.38. The molecule has 0 bridgehead atoms. The maximum absolute atomic E-state index is 10.5. The number of carbonyl (C=O) groups excluding carboxylic acids is 1. The molecule has 0 amide bonds. The zero-order valence-electron chi connectivity index (χ0n) is 6.45. The van der Waals surface area contributed by atoms with E-state index in [9.17, 15) is 4.79 Å². The molecule has 0 fully saturated rings. The third-order valence-corrected chi connectivity index (χ3v) is 1.32. The molecule has 0 aromatic carbocycles. The summed E-state index contributed by atoms with van der Waals surface area (Å²) in [5, 5.41) is 2.84. The van der Waals surface area contributed by atoms with Crippen LogP contribution >= 0.6 is 0 Å². The molecule has 1 aromatic heterocycles. The Morgan fingerprint density at radius 3 is 3.25 bits per heavy atom. The number of terminal acetylenes is 1. The van der Waals surface area contributed by atoms with Gasteiger partial charge in [0.1, 0.15) is 5.82 Å². The molecular weight excluding hydrogens is 152 g/mol. The van der Waals surface area contributed by atoms with Crippen LogP contribution in [0.15, 0.2) is 18.3 Å². The van der Waals surface area contributed by atoms with Crippen LogP contribution in [0.1, 0.15) is 10.4 Å². The van der Waals surface area contributed by atoms with Crippen molar-refractivity contribution in [2.75, 3.05) is 11.9 Å². The molecule has 0 unspecified atom stereocenters. The molecule has 0 saturated carbocycles. The average Bonchev–Trinajstić information content (AvgIpc) is 2.15. The molecule has 0 atom stereocenters. The van der Waals surface area contributed by atoms with Gasteiger partial charge in [0.25, 0.3) is 0 Å². The molecule has 3 heteroatoms. The van der Waals surface area contributed by atoms with Crippen molar-refractivity contribution < 1.29 is 4.79 Å². The van der Waals surface area contributed by atoms with Gasteiger partial charge < -0.3 is 5.32 Å². The molecule has 0 radical (unpaired) electrons. The predicted octanol–water partition coefficient (Wildman–Crippen LogP) is 0.939. The van der Waals surface area contributed by atoms with Crippen molar-refractivity contribution in [2.45, 2.75) is 0 Å². The molecule has 0 aliphatic heterocycles. The Morgan fingerprint density at radius 2 is 2.58 bits per heavy atom. The third-order valence-electron chi connectivity index (χ3n) is 1.32. The quantitative estimate of drug-likeness (QED) is 0.528. The number of hydrogen-bond acceptors (Lipinski definition) is 3. The fraction of sp³-hybridized carbons (Fsp3) is 0.111. The van der Waals surface area contributed by atoms with Crippen molar-refractivity contribution in [1.82, 2.24) is 4.98 Å². The second kappa shape index (κ2) is 4.14. The summed E-state index contributed by atoms with van der Waals surface area (Å²) < 4.78 is 0. The molecular formula is C9H8N2O. The maximum atomic E-state index is 10.5. The van der Waals surface area contributed by atoms with E-state index in [2.05, 4.69) is 16.2 Å². The van der Waals surface area contributed by atoms with Gasteiger partial charge in [-0.25, -0.2) is 4.98 Å². The molecule has 0 spiro atoms. The molecule has 1 N–H and O–H groups in total. The van der Waals surface area contributed by atoms with Gasteiger partial charge in [0.05, 0.1) is 12.1 Å².